The van der Waals surface area contributed by atoms with E-state index in [9.17, 15) is 0 Å². The molecule has 2 nitrogen and oxygen atoms in total. The number of halogens is 1. The highest BCUT2D eigenvalue weighted by Gasteiger charge is 2.22. The minimum Gasteiger partial charge on any atom is -0.482 e. The van der Waals surface area contributed by atoms with Gasteiger partial charge in [0.15, 0.2) is 0 Å². The summed E-state index contributed by atoms with van der Waals surface area (Å²) in [5.41, 5.74) is 7.29. The second-order valence-corrected chi connectivity index (χ2v) is 5.95. The van der Waals surface area contributed by atoms with Gasteiger partial charge >= 0.3 is 0 Å². The molecule has 1 aromatic heterocycles. The van der Waals surface area contributed by atoms with Crippen LogP contribution in [-0.4, -0.2) is 6.04 Å². The Bertz CT molecular complexity index is 527. The zero-order chi connectivity index (χ0) is 13.8. The molecule has 0 aliphatic heterocycles. The lowest BCUT2D eigenvalue weighted by atomic mass is 10.1. The minimum atomic E-state index is -0.148. The van der Waals surface area contributed by atoms with Crippen molar-refractivity contribution in [3.63, 3.8) is 0 Å². The van der Waals surface area contributed by atoms with Crippen LogP contribution in [0.1, 0.15) is 29.9 Å². The van der Waals surface area contributed by atoms with Crippen LogP contribution < -0.4 is 10.5 Å². The molecule has 2 rings (SSSR count). The summed E-state index contributed by atoms with van der Waals surface area (Å²) in [7, 11) is 0. The molecule has 0 aliphatic carbocycles. The first-order chi connectivity index (χ1) is 9.11. The van der Waals surface area contributed by atoms with Gasteiger partial charge in [0.05, 0.1) is 5.02 Å². The molecule has 2 aromatic rings. The van der Waals surface area contributed by atoms with Crippen LogP contribution >= 0.6 is 22.9 Å². The first-order valence-electron chi connectivity index (χ1n) is 6.33. The molecule has 0 radical (unpaired) electrons. The Morgan fingerprint density at radius 1 is 1.37 bits per heavy atom. The Labute approximate surface area is 123 Å². The average molecular weight is 296 g/mol. The Morgan fingerprint density at radius 2 is 2.16 bits per heavy atom. The van der Waals surface area contributed by atoms with Crippen molar-refractivity contribution in [1.82, 2.24) is 0 Å². The van der Waals surface area contributed by atoms with Crippen LogP contribution in [0.5, 0.6) is 5.75 Å². The molecule has 0 saturated heterocycles. The van der Waals surface area contributed by atoms with E-state index in [1.54, 1.807) is 11.3 Å². The van der Waals surface area contributed by atoms with Crippen LogP contribution in [0.15, 0.2) is 35.7 Å². The molecular formula is C15H18ClNOS. The molecule has 2 N–H and O–H groups in total. The SMILES string of the molecule is CCC(N)C(Oc1ccc(C)cc1Cl)c1cccs1. The molecule has 0 amide bonds. The molecule has 4 heteroatoms. The van der Waals surface area contributed by atoms with Gasteiger partial charge in [-0.2, -0.15) is 0 Å². The van der Waals surface area contributed by atoms with Crippen molar-refractivity contribution in [2.75, 3.05) is 0 Å². The molecule has 0 bridgehead atoms. The monoisotopic (exact) mass is 295 g/mol. The van der Waals surface area contributed by atoms with Crippen molar-refractivity contribution >= 4 is 22.9 Å². The molecule has 0 spiro atoms. The average Bonchev–Trinajstić information content (AvgIpc) is 2.91. The van der Waals surface area contributed by atoms with Crippen molar-refractivity contribution in [3.8, 4) is 5.75 Å². The zero-order valence-electron chi connectivity index (χ0n) is 11.1. The highest BCUT2D eigenvalue weighted by molar-refractivity contribution is 7.10. The Balaban J connectivity index is 2.25. The maximum Gasteiger partial charge on any atom is 0.148 e. The van der Waals surface area contributed by atoms with Crippen LogP contribution in [0.2, 0.25) is 5.02 Å². The van der Waals surface area contributed by atoms with Crippen LogP contribution in [0.3, 0.4) is 0 Å². The summed E-state index contributed by atoms with van der Waals surface area (Å²) in [6.45, 7) is 4.07. The predicted octanol–water partition coefficient (Wildman–Crippen LogP) is 4.57. The number of aryl methyl sites for hydroxylation is 1. The van der Waals surface area contributed by atoms with Gasteiger partial charge in [-0.05, 0) is 42.5 Å². The number of nitrogens with two attached hydrogens (primary N) is 1. The second-order valence-electron chi connectivity index (χ2n) is 4.56. The molecule has 102 valence electrons. The Hall–Kier alpha value is -1.03. The van der Waals surface area contributed by atoms with Crippen molar-refractivity contribution in [3.05, 3.63) is 51.2 Å². The lowest BCUT2D eigenvalue weighted by molar-refractivity contribution is 0.175. The van der Waals surface area contributed by atoms with Gasteiger partial charge in [-0.25, -0.2) is 0 Å². The van der Waals surface area contributed by atoms with Gasteiger partial charge in [-0.1, -0.05) is 30.7 Å². The minimum absolute atomic E-state index is 0.0454. The summed E-state index contributed by atoms with van der Waals surface area (Å²) in [5, 5.41) is 2.66. The van der Waals surface area contributed by atoms with E-state index in [1.807, 2.05) is 42.6 Å². The topological polar surface area (TPSA) is 35.2 Å². The van der Waals surface area contributed by atoms with Crippen molar-refractivity contribution in [1.29, 1.82) is 0 Å². The highest BCUT2D eigenvalue weighted by atomic mass is 35.5. The first-order valence-corrected chi connectivity index (χ1v) is 7.59. The van der Waals surface area contributed by atoms with Crippen LogP contribution in [0.4, 0.5) is 0 Å². The summed E-state index contributed by atoms with van der Waals surface area (Å²) >= 11 is 7.88. The fraction of sp³-hybridized carbons (Fsp3) is 0.333. The van der Waals surface area contributed by atoms with Crippen molar-refractivity contribution in [2.24, 2.45) is 5.73 Å². The number of rotatable bonds is 5. The fourth-order valence-corrected chi connectivity index (χ4v) is 2.97. The summed E-state index contributed by atoms with van der Waals surface area (Å²) in [6.07, 6.45) is 0.705. The molecule has 1 heterocycles. The molecule has 0 saturated carbocycles. The first kappa shape index (κ1) is 14.4. The van der Waals surface area contributed by atoms with E-state index in [-0.39, 0.29) is 12.1 Å². The van der Waals surface area contributed by atoms with E-state index in [2.05, 4.69) is 6.92 Å². The zero-order valence-corrected chi connectivity index (χ0v) is 12.7. The van der Waals surface area contributed by atoms with Gasteiger partial charge in [0.1, 0.15) is 11.9 Å². The highest BCUT2D eigenvalue weighted by Crippen LogP contribution is 2.33. The Morgan fingerprint density at radius 3 is 2.74 bits per heavy atom. The van der Waals surface area contributed by atoms with Crippen LogP contribution in [-0.2, 0) is 0 Å². The molecular weight excluding hydrogens is 278 g/mol. The molecule has 2 atom stereocenters. The third-order valence-electron chi connectivity index (χ3n) is 3.03. The van der Waals surface area contributed by atoms with Gasteiger partial charge in [0.25, 0.3) is 0 Å². The third-order valence-corrected chi connectivity index (χ3v) is 4.25. The van der Waals surface area contributed by atoms with E-state index in [0.717, 1.165) is 16.9 Å². The number of hydrogen-bond donors (Lipinski definition) is 1. The molecule has 0 fully saturated rings. The lowest BCUT2D eigenvalue weighted by Gasteiger charge is -2.24. The summed E-state index contributed by atoms with van der Waals surface area (Å²) in [5.74, 6) is 0.689. The van der Waals surface area contributed by atoms with Gasteiger partial charge < -0.3 is 10.5 Å². The standard InChI is InChI=1S/C15H18ClNOS/c1-3-12(17)15(14-5-4-8-19-14)18-13-7-6-10(2)9-11(13)16/h4-9,12,15H,3,17H2,1-2H3. The number of thiophene rings is 1. The van der Waals surface area contributed by atoms with E-state index >= 15 is 0 Å². The maximum absolute atomic E-state index is 6.22. The smallest absolute Gasteiger partial charge is 0.148 e. The fourth-order valence-electron chi connectivity index (χ4n) is 1.86. The molecule has 19 heavy (non-hydrogen) atoms. The van der Waals surface area contributed by atoms with Gasteiger partial charge in [0, 0.05) is 10.9 Å². The summed E-state index contributed by atoms with van der Waals surface area (Å²) in [4.78, 5) is 1.13. The van der Waals surface area contributed by atoms with Crippen LogP contribution in [0, 0.1) is 6.92 Å². The molecule has 2 unspecified atom stereocenters. The van der Waals surface area contributed by atoms with Crippen LogP contribution in [0.25, 0.3) is 0 Å². The maximum atomic E-state index is 6.22. The third kappa shape index (κ3) is 3.50. The van der Waals surface area contributed by atoms with Crippen molar-refractivity contribution < 1.29 is 4.74 Å². The van der Waals surface area contributed by atoms with E-state index < -0.39 is 0 Å². The number of ether oxygens (including phenoxy) is 1. The normalized spacial score (nSPS) is 14.1. The Kier molecular flexibility index (Phi) is 4.86. The van der Waals surface area contributed by atoms with E-state index in [1.165, 1.54) is 0 Å². The number of hydrogen-bond acceptors (Lipinski definition) is 3. The number of benzene rings is 1. The molecule has 1 aromatic carbocycles. The van der Waals surface area contributed by atoms with Gasteiger partial charge in [-0.15, -0.1) is 11.3 Å². The summed E-state index contributed by atoms with van der Waals surface area (Å²) < 4.78 is 6.05. The quantitative estimate of drug-likeness (QED) is 0.877. The lowest BCUT2D eigenvalue weighted by Crippen LogP contribution is -2.30. The largest absolute Gasteiger partial charge is 0.482 e. The molecule has 0 aliphatic rings. The van der Waals surface area contributed by atoms with Crippen molar-refractivity contribution in [2.45, 2.75) is 32.4 Å². The van der Waals surface area contributed by atoms with E-state index in [4.69, 9.17) is 22.1 Å². The van der Waals surface area contributed by atoms with Gasteiger partial charge in [0.2, 0.25) is 0 Å². The van der Waals surface area contributed by atoms with Gasteiger partial charge in [-0.3, -0.25) is 0 Å². The van der Waals surface area contributed by atoms with E-state index in [0.29, 0.717) is 10.8 Å². The summed E-state index contributed by atoms with van der Waals surface area (Å²) in [6, 6.07) is 9.81. The predicted molar refractivity (Wildman–Crippen MR) is 82.1 cm³/mol. The second kappa shape index (κ2) is 6.42.